The molecular formula is C22H26N2O3. The highest BCUT2D eigenvalue weighted by molar-refractivity contribution is 5.82. The Balaban J connectivity index is 1.31. The number of carbonyl (C=O) groups excluding carboxylic acids is 1. The Bertz CT molecular complexity index is 821. The minimum Gasteiger partial charge on any atom is -0.486 e. The summed E-state index contributed by atoms with van der Waals surface area (Å²) in [6.45, 7) is 4.39. The monoisotopic (exact) mass is 366 g/mol. The highest BCUT2D eigenvalue weighted by Gasteiger charge is 2.24. The fraction of sp³-hybridized carbons (Fsp3) is 0.409. The fourth-order valence-electron chi connectivity index (χ4n) is 3.80. The van der Waals surface area contributed by atoms with Crippen LogP contribution in [0.15, 0.2) is 42.5 Å². The van der Waals surface area contributed by atoms with Crippen LogP contribution >= 0.6 is 0 Å². The summed E-state index contributed by atoms with van der Waals surface area (Å²) in [6, 6.07) is 14.7. The molecule has 1 unspecified atom stereocenters. The number of nitrogens with one attached hydrogen (secondary N) is 1. The summed E-state index contributed by atoms with van der Waals surface area (Å²) in [5.74, 6) is 1.66. The maximum absolute atomic E-state index is 12.5. The van der Waals surface area contributed by atoms with E-state index in [1.54, 1.807) is 0 Å². The SMILES string of the molecule is CC1CCc2ccccc2N1CC(=O)NCCc1ccc2c(c1)OCCO2. The summed E-state index contributed by atoms with van der Waals surface area (Å²) in [6.07, 6.45) is 2.94. The van der Waals surface area contributed by atoms with Crippen molar-refractivity contribution in [2.24, 2.45) is 0 Å². The van der Waals surface area contributed by atoms with Crippen molar-refractivity contribution >= 4 is 11.6 Å². The molecule has 1 N–H and O–H groups in total. The Morgan fingerprint density at radius 1 is 1.15 bits per heavy atom. The second-order valence-corrected chi connectivity index (χ2v) is 7.22. The van der Waals surface area contributed by atoms with Crippen LogP contribution in [0.2, 0.25) is 0 Å². The number of aryl methyl sites for hydroxylation is 1. The molecule has 1 atom stereocenters. The molecule has 0 spiro atoms. The van der Waals surface area contributed by atoms with E-state index in [0.717, 1.165) is 36.3 Å². The number of carbonyl (C=O) groups is 1. The first-order valence-corrected chi connectivity index (χ1v) is 9.70. The highest BCUT2D eigenvalue weighted by Crippen LogP contribution is 2.31. The van der Waals surface area contributed by atoms with Crippen molar-refractivity contribution in [2.45, 2.75) is 32.2 Å². The molecule has 0 saturated carbocycles. The van der Waals surface area contributed by atoms with Crippen LogP contribution in [0.4, 0.5) is 5.69 Å². The number of amides is 1. The van der Waals surface area contributed by atoms with E-state index in [9.17, 15) is 4.79 Å². The summed E-state index contributed by atoms with van der Waals surface area (Å²) in [7, 11) is 0. The van der Waals surface area contributed by atoms with Crippen molar-refractivity contribution < 1.29 is 14.3 Å². The van der Waals surface area contributed by atoms with Crippen LogP contribution in [0.1, 0.15) is 24.5 Å². The van der Waals surface area contributed by atoms with Crippen LogP contribution in [0.5, 0.6) is 11.5 Å². The Morgan fingerprint density at radius 2 is 1.96 bits per heavy atom. The van der Waals surface area contributed by atoms with Gasteiger partial charge in [-0.2, -0.15) is 0 Å². The zero-order valence-electron chi connectivity index (χ0n) is 15.7. The molecule has 2 heterocycles. The van der Waals surface area contributed by atoms with Gasteiger partial charge in [0.25, 0.3) is 0 Å². The average molecular weight is 366 g/mol. The van der Waals surface area contributed by atoms with Gasteiger partial charge in [0.1, 0.15) is 13.2 Å². The number of fused-ring (bicyclic) bond motifs is 2. The van der Waals surface area contributed by atoms with Gasteiger partial charge in [-0.05, 0) is 55.5 Å². The third-order valence-corrected chi connectivity index (χ3v) is 5.32. The number of hydrogen-bond acceptors (Lipinski definition) is 4. The number of anilines is 1. The quantitative estimate of drug-likeness (QED) is 0.884. The molecule has 2 aromatic rings. The van der Waals surface area contributed by atoms with Crippen LogP contribution in [0.3, 0.4) is 0 Å². The lowest BCUT2D eigenvalue weighted by atomic mass is 9.96. The molecule has 2 aromatic carbocycles. The number of benzene rings is 2. The van der Waals surface area contributed by atoms with Crippen molar-refractivity contribution in [1.82, 2.24) is 5.32 Å². The van der Waals surface area contributed by atoms with Gasteiger partial charge in [0.05, 0.1) is 6.54 Å². The van der Waals surface area contributed by atoms with Gasteiger partial charge >= 0.3 is 0 Å². The molecule has 0 bridgehead atoms. The van der Waals surface area contributed by atoms with Gasteiger partial charge in [0, 0.05) is 18.3 Å². The molecule has 0 saturated heterocycles. The Labute approximate surface area is 160 Å². The summed E-state index contributed by atoms with van der Waals surface area (Å²) in [4.78, 5) is 14.7. The predicted octanol–water partition coefficient (Wildman–Crippen LogP) is 2.96. The van der Waals surface area contributed by atoms with Crippen LogP contribution in [-0.2, 0) is 17.6 Å². The van der Waals surface area contributed by atoms with Gasteiger partial charge in [0.15, 0.2) is 11.5 Å². The number of rotatable bonds is 5. The van der Waals surface area contributed by atoms with Gasteiger partial charge in [0.2, 0.25) is 5.91 Å². The number of ether oxygens (including phenoxy) is 2. The molecule has 5 heteroatoms. The van der Waals surface area contributed by atoms with Gasteiger partial charge < -0.3 is 19.7 Å². The topological polar surface area (TPSA) is 50.8 Å². The largest absolute Gasteiger partial charge is 0.486 e. The third-order valence-electron chi connectivity index (χ3n) is 5.32. The molecule has 2 aliphatic heterocycles. The predicted molar refractivity (Wildman–Crippen MR) is 106 cm³/mol. The molecule has 142 valence electrons. The Hall–Kier alpha value is -2.69. The van der Waals surface area contributed by atoms with Crippen LogP contribution in [0.25, 0.3) is 0 Å². The van der Waals surface area contributed by atoms with Crippen molar-refractivity contribution in [3.63, 3.8) is 0 Å². The van der Waals surface area contributed by atoms with Gasteiger partial charge in [-0.15, -0.1) is 0 Å². The molecule has 4 rings (SSSR count). The van der Waals surface area contributed by atoms with Crippen molar-refractivity contribution in [1.29, 1.82) is 0 Å². The van der Waals surface area contributed by atoms with E-state index in [-0.39, 0.29) is 5.91 Å². The van der Waals surface area contributed by atoms with E-state index < -0.39 is 0 Å². The first kappa shape index (κ1) is 17.7. The molecule has 1 amide bonds. The first-order valence-electron chi connectivity index (χ1n) is 9.70. The van der Waals surface area contributed by atoms with E-state index >= 15 is 0 Å². The van der Waals surface area contributed by atoms with Crippen LogP contribution in [-0.4, -0.2) is 38.3 Å². The molecular weight excluding hydrogens is 340 g/mol. The lowest BCUT2D eigenvalue weighted by Crippen LogP contribution is -2.44. The minimum absolute atomic E-state index is 0.0658. The molecule has 5 nitrogen and oxygen atoms in total. The van der Waals surface area contributed by atoms with Crippen molar-refractivity contribution in [3.05, 3.63) is 53.6 Å². The zero-order valence-corrected chi connectivity index (χ0v) is 15.7. The van der Waals surface area contributed by atoms with E-state index in [0.29, 0.717) is 32.3 Å². The first-order chi connectivity index (χ1) is 13.2. The Morgan fingerprint density at radius 3 is 2.85 bits per heavy atom. The van der Waals surface area contributed by atoms with E-state index in [2.05, 4.69) is 35.3 Å². The van der Waals surface area contributed by atoms with Crippen LogP contribution < -0.4 is 19.7 Å². The summed E-state index contributed by atoms with van der Waals surface area (Å²) >= 11 is 0. The average Bonchev–Trinajstić information content (AvgIpc) is 2.70. The standard InChI is InChI=1S/C22H26N2O3/c1-16-6-8-18-4-2-3-5-19(18)24(16)15-22(25)23-11-10-17-7-9-20-21(14-17)27-13-12-26-20/h2-5,7,9,14,16H,6,8,10-13,15H2,1H3,(H,23,25). The third kappa shape index (κ3) is 4.02. The maximum atomic E-state index is 12.5. The number of nitrogens with zero attached hydrogens (tertiary/aromatic N) is 1. The van der Waals surface area contributed by atoms with E-state index in [1.165, 1.54) is 11.3 Å². The van der Waals surface area contributed by atoms with Crippen LogP contribution in [0, 0.1) is 0 Å². The second kappa shape index (κ2) is 7.91. The van der Waals surface area contributed by atoms with Gasteiger partial charge in [-0.1, -0.05) is 24.3 Å². The maximum Gasteiger partial charge on any atom is 0.239 e. The Kier molecular flexibility index (Phi) is 5.19. The lowest BCUT2D eigenvalue weighted by molar-refractivity contribution is -0.119. The number of hydrogen-bond donors (Lipinski definition) is 1. The minimum atomic E-state index is 0.0658. The zero-order chi connectivity index (χ0) is 18.6. The van der Waals surface area contributed by atoms with Crippen molar-refractivity contribution in [3.8, 4) is 11.5 Å². The van der Waals surface area contributed by atoms with E-state index in [1.807, 2.05) is 24.3 Å². The second-order valence-electron chi connectivity index (χ2n) is 7.22. The molecule has 0 aromatic heterocycles. The summed E-state index contributed by atoms with van der Waals surface area (Å²) < 4.78 is 11.2. The van der Waals surface area contributed by atoms with Crippen molar-refractivity contribution in [2.75, 3.05) is 31.2 Å². The highest BCUT2D eigenvalue weighted by atomic mass is 16.6. The smallest absolute Gasteiger partial charge is 0.239 e. The molecule has 2 aliphatic rings. The summed E-state index contributed by atoms with van der Waals surface area (Å²) in [5.41, 5.74) is 3.66. The fourth-order valence-corrected chi connectivity index (χ4v) is 3.80. The van der Waals surface area contributed by atoms with E-state index in [4.69, 9.17) is 9.47 Å². The molecule has 27 heavy (non-hydrogen) atoms. The normalized spacial score (nSPS) is 18.0. The van der Waals surface area contributed by atoms with Gasteiger partial charge in [-0.25, -0.2) is 0 Å². The lowest BCUT2D eigenvalue weighted by Gasteiger charge is -2.36. The molecule has 0 aliphatic carbocycles. The molecule has 0 fully saturated rings. The molecule has 0 radical (unpaired) electrons. The number of para-hydroxylation sites is 1. The van der Waals surface area contributed by atoms with Gasteiger partial charge in [-0.3, -0.25) is 4.79 Å². The summed E-state index contributed by atoms with van der Waals surface area (Å²) in [5, 5.41) is 3.06.